The van der Waals surface area contributed by atoms with Gasteiger partial charge in [-0.3, -0.25) is 9.00 Å². The Kier molecular flexibility index (Phi) is 3.70. The predicted octanol–water partition coefficient (Wildman–Crippen LogP) is 1.61. The van der Waals surface area contributed by atoms with E-state index in [1.807, 2.05) is 0 Å². The zero-order chi connectivity index (χ0) is 12.3. The highest BCUT2D eigenvalue weighted by molar-refractivity contribution is 7.85. The van der Waals surface area contributed by atoms with Gasteiger partial charge in [-0.1, -0.05) is 0 Å². The Morgan fingerprint density at radius 1 is 1.31 bits per heavy atom. The van der Waals surface area contributed by atoms with Crippen LogP contribution in [-0.4, -0.2) is 26.1 Å². The van der Waals surface area contributed by atoms with Crippen LogP contribution in [0.25, 0.3) is 0 Å². The van der Waals surface area contributed by atoms with E-state index in [1.165, 1.54) is 38.1 Å². The van der Waals surface area contributed by atoms with E-state index in [0.29, 0.717) is 4.90 Å². The van der Waals surface area contributed by atoms with Crippen molar-refractivity contribution in [2.75, 3.05) is 5.75 Å². The Labute approximate surface area is 96.4 Å². The molecule has 0 saturated heterocycles. The molecule has 0 spiro atoms. The van der Waals surface area contributed by atoms with Gasteiger partial charge in [0.2, 0.25) is 0 Å². The average molecular weight is 242 g/mol. The summed E-state index contributed by atoms with van der Waals surface area (Å²) < 4.78 is 11.8. The molecule has 0 bridgehead atoms. The van der Waals surface area contributed by atoms with E-state index in [4.69, 9.17) is 10.2 Å². The van der Waals surface area contributed by atoms with E-state index < -0.39 is 22.2 Å². The highest BCUT2D eigenvalue weighted by Gasteiger charge is 2.29. The Bertz CT molecular complexity index is 408. The SMILES string of the molecule is CC(C)(C[S@@](=O)c1ccc(O)cc1)C(=O)O. The average Bonchev–Trinajstić information content (AvgIpc) is 2.17. The molecule has 0 fully saturated rings. The fraction of sp³-hybridized carbons (Fsp3) is 0.364. The van der Waals surface area contributed by atoms with E-state index in [1.54, 1.807) is 0 Å². The van der Waals surface area contributed by atoms with E-state index >= 15 is 0 Å². The quantitative estimate of drug-likeness (QED) is 0.841. The van der Waals surface area contributed by atoms with Gasteiger partial charge in [0.15, 0.2) is 0 Å². The second-order valence-electron chi connectivity index (χ2n) is 4.17. The molecule has 0 aliphatic heterocycles. The van der Waals surface area contributed by atoms with Crippen molar-refractivity contribution < 1.29 is 19.2 Å². The summed E-state index contributed by atoms with van der Waals surface area (Å²) in [6.45, 7) is 3.07. The minimum atomic E-state index is -1.37. The molecule has 88 valence electrons. The fourth-order valence-corrected chi connectivity index (χ4v) is 2.46. The first-order valence-corrected chi connectivity index (χ1v) is 6.05. The number of hydrogen-bond acceptors (Lipinski definition) is 3. The van der Waals surface area contributed by atoms with Crippen molar-refractivity contribution in [3.05, 3.63) is 24.3 Å². The number of benzene rings is 1. The number of rotatable bonds is 4. The van der Waals surface area contributed by atoms with Crippen LogP contribution >= 0.6 is 0 Å². The van der Waals surface area contributed by atoms with Gasteiger partial charge in [-0.25, -0.2) is 0 Å². The van der Waals surface area contributed by atoms with Crippen LogP contribution in [0.1, 0.15) is 13.8 Å². The number of carbonyl (C=O) groups is 1. The van der Waals surface area contributed by atoms with E-state index in [2.05, 4.69) is 0 Å². The lowest BCUT2D eigenvalue weighted by atomic mass is 9.97. The second kappa shape index (κ2) is 4.65. The molecule has 0 aromatic heterocycles. The lowest BCUT2D eigenvalue weighted by molar-refractivity contribution is -0.145. The Morgan fingerprint density at radius 3 is 2.25 bits per heavy atom. The number of phenols is 1. The maximum Gasteiger partial charge on any atom is 0.310 e. The predicted molar refractivity (Wildman–Crippen MR) is 60.8 cm³/mol. The Morgan fingerprint density at radius 2 is 1.81 bits per heavy atom. The van der Waals surface area contributed by atoms with E-state index in [9.17, 15) is 9.00 Å². The molecule has 1 aromatic carbocycles. The molecule has 0 aliphatic rings. The highest BCUT2D eigenvalue weighted by Crippen LogP contribution is 2.21. The Balaban J connectivity index is 2.81. The van der Waals surface area contributed by atoms with Crippen molar-refractivity contribution in [2.24, 2.45) is 5.41 Å². The summed E-state index contributed by atoms with van der Waals surface area (Å²) in [4.78, 5) is 11.4. The molecule has 1 atom stereocenters. The fourth-order valence-electron chi connectivity index (χ4n) is 1.07. The van der Waals surface area contributed by atoms with Gasteiger partial charge in [0.1, 0.15) is 5.75 Å². The number of hydrogen-bond donors (Lipinski definition) is 2. The number of carboxylic acid groups (broad SMARTS) is 1. The van der Waals surface area contributed by atoms with Gasteiger partial charge in [0.05, 0.1) is 16.2 Å². The molecule has 1 rings (SSSR count). The van der Waals surface area contributed by atoms with Crippen molar-refractivity contribution >= 4 is 16.8 Å². The topological polar surface area (TPSA) is 74.6 Å². The van der Waals surface area contributed by atoms with Crippen molar-refractivity contribution in [3.63, 3.8) is 0 Å². The van der Waals surface area contributed by atoms with Crippen LogP contribution in [-0.2, 0) is 15.6 Å². The summed E-state index contributed by atoms with van der Waals surface area (Å²) in [7, 11) is -1.37. The summed E-state index contributed by atoms with van der Waals surface area (Å²) in [5.74, 6) is -0.828. The zero-order valence-electron chi connectivity index (χ0n) is 9.14. The lowest BCUT2D eigenvalue weighted by Crippen LogP contribution is -2.30. The third-order valence-electron chi connectivity index (χ3n) is 2.17. The summed E-state index contributed by atoms with van der Waals surface area (Å²) in [5.41, 5.74) is -1.03. The van der Waals surface area contributed by atoms with Crippen LogP contribution in [0.2, 0.25) is 0 Å². The van der Waals surface area contributed by atoms with Gasteiger partial charge in [-0.05, 0) is 38.1 Å². The number of carboxylic acids is 1. The van der Waals surface area contributed by atoms with Gasteiger partial charge in [0.25, 0.3) is 0 Å². The smallest absolute Gasteiger partial charge is 0.310 e. The minimum Gasteiger partial charge on any atom is -0.508 e. The summed E-state index contributed by atoms with van der Waals surface area (Å²) in [5, 5.41) is 18.0. The first-order valence-electron chi connectivity index (χ1n) is 4.74. The number of aromatic hydroxyl groups is 1. The van der Waals surface area contributed by atoms with Crippen molar-refractivity contribution in [1.29, 1.82) is 0 Å². The van der Waals surface area contributed by atoms with E-state index in [0.717, 1.165) is 0 Å². The van der Waals surface area contributed by atoms with E-state index in [-0.39, 0.29) is 11.5 Å². The Hall–Kier alpha value is -1.36. The molecule has 4 nitrogen and oxygen atoms in total. The summed E-state index contributed by atoms with van der Waals surface area (Å²) >= 11 is 0. The van der Waals surface area contributed by atoms with Crippen molar-refractivity contribution in [1.82, 2.24) is 0 Å². The van der Waals surface area contributed by atoms with Gasteiger partial charge >= 0.3 is 5.97 Å². The second-order valence-corrected chi connectivity index (χ2v) is 5.62. The molecule has 0 aliphatic carbocycles. The molecule has 0 heterocycles. The van der Waals surface area contributed by atoms with Crippen LogP contribution in [0, 0.1) is 5.41 Å². The first kappa shape index (κ1) is 12.7. The molecule has 2 N–H and O–H groups in total. The maximum atomic E-state index is 11.8. The van der Waals surface area contributed by atoms with Crippen LogP contribution in [0.15, 0.2) is 29.2 Å². The summed E-state index contributed by atoms with van der Waals surface area (Å²) in [6, 6.07) is 5.93. The molecule has 16 heavy (non-hydrogen) atoms. The molecule has 0 amide bonds. The third-order valence-corrected chi connectivity index (χ3v) is 3.95. The summed E-state index contributed by atoms with van der Waals surface area (Å²) in [6.07, 6.45) is 0. The van der Waals surface area contributed by atoms with Gasteiger partial charge in [-0.2, -0.15) is 0 Å². The molecular weight excluding hydrogens is 228 g/mol. The monoisotopic (exact) mass is 242 g/mol. The lowest BCUT2D eigenvalue weighted by Gasteiger charge is -2.18. The molecule has 5 heteroatoms. The molecule has 1 aromatic rings. The third kappa shape index (κ3) is 3.06. The van der Waals surface area contributed by atoms with Crippen LogP contribution in [0.4, 0.5) is 0 Å². The highest BCUT2D eigenvalue weighted by atomic mass is 32.2. The number of phenolic OH excluding ortho intramolecular Hbond substituents is 1. The first-order chi connectivity index (χ1) is 7.33. The maximum absolute atomic E-state index is 11.8. The minimum absolute atomic E-state index is 0.0487. The zero-order valence-corrected chi connectivity index (χ0v) is 9.95. The normalized spacial score (nSPS) is 13.4. The van der Waals surface area contributed by atoms with Crippen LogP contribution in [0.3, 0.4) is 0 Å². The van der Waals surface area contributed by atoms with Crippen molar-refractivity contribution in [2.45, 2.75) is 18.7 Å². The van der Waals surface area contributed by atoms with Crippen molar-refractivity contribution in [3.8, 4) is 5.75 Å². The molecule has 0 radical (unpaired) electrons. The molecule has 0 unspecified atom stereocenters. The molecule has 0 saturated carbocycles. The molecular formula is C11H14O4S. The number of aliphatic carboxylic acids is 1. The van der Waals surface area contributed by atoms with Crippen LogP contribution in [0.5, 0.6) is 5.75 Å². The van der Waals surface area contributed by atoms with Gasteiger partial charge in [-0.15, -0.1) is 0 Å². The largest absolute Gasteiger partial charge is 0.508 e. The van der Waals surface area contributed by atoms with Crippen LogP contribution < -0.4 is 0 Å². The standard InChI is InChI=1S/C11H14O4S/c1-11(2,10(13)14)7-16(15)9-5-3-8(12)4-6-9/h3-6,12H,7H2,1-2H3,(H,13,14)/t16-/m1/s1. The van der Waals surface area contributed by atoms with Gasteiger partial charge < -0.3 is 10.2 Å². The van der Waals surface area contributed by atoms with Gasteiger partial charge in [0, 0.05) is 10.6 Å².